The van der Waals surface area contributed by atoms with Gasteiger partial charge in [-0.25, -0.2) is 23.8 Å². The van der Waals surface area contributed by atoms with Crippen molar-refractivity contribution in [1.82, 2.24) is 35.3 Å². The summed E-state index contributed by atoms with van der Waals surface area (Å²) in [7, 11) is 1.93. The number of halogens is 1. The highest BCUT2D eigenvalue weighted by Crippen LogP contribution is 2.38. The second-order valence-electron chi connectivity index (χ2n) is 10.9. The molecule has 0 spiro atoms. The lowest BCUT2D eigenvalue weighted by atomic mass is 9.94. The summed E-state index contributed by atoms with van der Waals surface area (Å²) in [6, 6.07) is 15.8. The van der Waals surface area contributed by atoms with Gasteiger partial charge in [0.25, 0.3) is 0 Å². The molecule has 1 saturated heterocycles. The zero-order valence-corrected chi connectivity index (χ0v) is 23.3. The first-order valence-corrected chi connectivity index (χ1v) is 14.2. The summed E-state index contributed by atoms with van der Waals surface area (Å²) in [6.07, 6.45) is 5.92. The minimum atomic E-state index is -0.315. The standard InChI is InChI=1S/C31H35FN8O/c1-20-28(23-16-34-29(35-17-23)22-8-9-22)38-40(25-6-4-3-5-7-25)30(20)37-31(41)36-27-19-39(15-14-33-2)18-26(27)21-10-12-24(32)13-11-21/h3-7,10-13,16-17,22,26-27,33H,8-9,14-15,18-19H2,1-2H3,(H2,36,37,41)/t26-,27+/m0/s1. The second kappa shape index (κ2) is 11.8. The highest BCUT2D eigenvalue weighted by atomic mass is 19.1. The van der Waals surface area contributed by atoms with Gasteiger partial charge in [-0.05, 0) is 56.6 Å². The van der Waals surface area contributed by atoms with E-state index in [0.717, 1.165) is 66.4 Å². The van der Waals surface area contributed by atoms with E-state index in [1.54, 1.807) is 4.68 Å². The first-order chi connectivity index (χ1) is 20.0. The van der Waals surface area contributed by atoms with Crippen LogP contribution < -0.4 is 16.0 Å². The van der Waals surface area contributed by atoms with Crippen LogP contribution in [0.25, 0.3) is 16.9 Å². The predicted molar refractivity (Wildman–Crippen MR) is 157 cm³/mol. The number of nitrogens with zero attached hydrogens (tertiary/aromatic N) is 5. The Kier molecular flexibility index (Phi) is 7.76. The quantitative estimate of drug-likeness (QED) is 0.283. The van der Waals surface area contributed by atoms with Crippen LogP contribution in [0, 0.1) is 12.7 Å². The van der Waals surface area contributed by atoms with E-state index in [1.165, 1.54) is 12.1 Å². The van der Waals surface area contributed by atoms with Crippen molar-refractivity contribution in [3.8, 4) is 16.9 Å². The second-order valence-corrected chi connectivity index (χ2v) is 10.9. The molecule has 2 atom stereocenters. The third-order valence-corrected chi connectivity index (χ3v) is 7.93. The van der Waals surface area contributed by atoms with Gasteiger partial charge in [0.05, 0.1) is 11.7 Å². The molecule has 3 heterocycles. The molecule has 0 bridgehead atoms. The number of aromatic nitrogens is 4. The molecular weight excluding hydrogens is 519 g/mol. The monoisotopic (exact) mass is 554 g/mol. The summed E-state index contributed by atoms with van der Waals surface area (Å²) in [6.45, 7) is 5.13. The number of benzene rings is 2. The average molecular weight is 555 g/mol. The molecule has 0 unspecified atom stereocenters. The lowest BCUT2D eigenvalue weighted by Gasteiger charge is -2.21. The van der Waals surface area contributed by atoms with E-state index in [-0.39, 0.29) is 23.8 Å². The van der Waals surface area contributed by atoms with Gasteiger partial charge >= 0.3 is 6.03 Å². The summed E-state index contributed by atoms with van der Waals surface area (Å²) in [5, 5.41) is 14.4. The van der Waals surface area contributed by atoms with Gasteiger partial charge in [-0.1, -0.05) is 30.3 Å². The first kappa shape index (κ1) is 27.0. The average Bonchev–Trinajstić information content (AvgIpc) is 3.70. The number of carbonyl (C=O) groups is 1. The van der Waals surface area contributed by atoms with E-state index in [9.17, 15) is 9.18 Å². The number of likely N-dealkylation sites (N-methyl/N-ethyl adjacent to an activating group) is 1. The number of amides is 2. The van der Waals surface area contributed by atoms with Gasteiger partial charge in [0.1, 0.15) is 23.2 Å². The number of para-hydroxylation sites is 1. The fourth-order valence-corrected chi connectivity index (χ4v) is 5.53. The normalized spacial score (nSPS) is 18.9. The van der Waals surface area contributed by atoms with Crippen molar-refractivity contribution in [3.05, 3.63) is 89.8 Å². The largest absolute Gasteiger partial charge is 0.333 e. The van der Waals surface area contributed by atoms with Crippen molar-refractivity contribution < 1.29 is 9.18 Å². The summed E-state index contributed by atoms with van der Waals surface area (Å²) >= 11 is 0. The van der Waals surface area contributed by atoms with Crippen LogP contribution in [0.3, 0.4) is 0 Å². The van der Waals surface area contributed by atoms with Crippen LogP contribution in [0.5, 0.6) is 0 Å². The summed E-state index contributed by atoms with van der Waals surface area (Å²) in [4.78, 5) is 25.0. The van der Waals surface area contributed by atoms with Crippen molar-refractivity contribution in [2.45, 2.75) is 37.6 Å². The van der Waals surface area contributed by atoms with E-state index in [1.807, 2.05) is 68.8 Å². The molecule has 10 heteroatoms. The van der Waals surface area contributed by atoms with Crippen LogP contribution in [0.2, 0.25) is 0 Å². The maximum absolute atomic E-state index is 13.6. The van der Waals surface area contributed by atoms with E-state index in [2.05, 4.69) is 30.8 Å². The van der Waals surface area contributed by atoms with Gasteiger partial charge in [0.2, 0.25) is 0 Å². The summed E-state index contributed by atoms with van der Waals surface area (Å²) in [5.41, 5.74) is 4.18. The Morgan fingerprint density at radius 3 is 2.44 bits per heavy atom. The zero-order valence-electron chi connectivity index (χ0n) is 23.3. The molecule has 1 saturated carbocycles. The van der Waals surface area contributed by atoms with E-state index < -0.39 is 0 Å². The smallest absolute Gasteiger partial charge is 0.320 e. The van der Waals surface area contributed by atoms with Crippen molar-refractivity contribution in [2.24, 2.45) is 0 Å². The van der Waals surface area contributed by atoms with E-state index in [4.69, 9.17) is 5.10 Å². The lowest BCUT2D eigenvalue weighted by Crippen LogP contribution is -2.42. The van der Waals surface area contributed by atoms with Gasteiger partial charge in [0, 0.05) is 61.5 Å². The lowest BCUT2D eigenvalue weighted by molar-refractivity contribution is 0.247. The molecule has 2 amide bonds. The molecule has 41 heavy (non-hydrogen) atoms. The summed E-state index contributed by atoms with van der Waals surface area (Å²) < 4.78 is 15.4. The molecule has 2 aromatic heterocycles. The molecule has 2 aliphatic rings. The minimum Gasteiger partial charge on any atom is -0.333 e. The highest BCUT2D eigenvalue weighted by molar-refractivity contribution is 5.91. The van der Waals surface area contributed by atoms with Crippen LogP contribution >= 0.6 is 0 Å². The van der Waals surface area contributed by atoms with E-state index >= 15 is 0 Å². The summed E-state index contributed by atoms with van der Waals surface area (Å²) in [5.74, 6) is 1.70. The number of hydrogen-bond donors (Lipinski definition) is 3. The maximum atomic E-state index is 13.6. The number of hydrogen-bond acceptors (Lipinski definition) is 6. The molecule has 0 radical (unpaired) electrons. The Morgan fingerprint density at radius 2 is 1.76 bits per heavy atom. The number of urea groups is 1. The molecule has 2 fully saturated rings. The van der Waals surface area contributed by atoms with Crippen molar-refractivity contribution in [3.63, 3.8) is 0 Å². The maximum Gasteiger partial charge on any atom is 0.320 e. The van der Waals surface area contributed by atoms with Crippen LogP contribution in [-0.4, -0.2) is 69.9 Å². The number of carbonyl (C=O) groups excluding carboxylic acids is 1. The minimum absolute atomic E-state index is 0.0380. The van der Waals surface area contributed by atoms with Gasteiger partial charge in [-0.15, -0.1) is 0 Å². The Hall–Kier alpha value is -4.15. The van der Waals surface area contributed by atoms with Gasteiger partial charge in [-0.2, -0.15) is 5.10 Å². The fraction of sp³-hybridized carbons (Fsp3) is 0.355. The van der Waals surface area contributed by atoms with Gasteiger partial charge in [0.15, 0.2) is 0 Å². The predicted octanol–water partition coefficient (Wildman–Crippen LogP) is 4.46. The Balaban J connectivity index is 1.26. The van der Waals surface area contributed by atoms with Crippen molar-refractivity contribution in [1.29, 1.82) is 0 Å². The number of likely N-dealkylation sites (tertiary alicyclic amines) is 1. The van der Waals surface area contributed by atoms with Gasteiger partial charge in [-0.3, -0.25) is 10.2 Å². The van der Waals surface area contributed by atoms with E-state index in [0.29, 0.717) is 18.3 Å². The van der Waals surface area contributed by atoms with Crippen molar-refractivity contribution in [2.75, 3.05) is 38.5 Å². The van der Waals surface area contributed by atoms with Gasteiger partial charge < -0.3 is 10.6 Å². The molecule has 6 rings (SSSR count). The zero-order chi connectivity index (χ0) is 28.3. The Morgan fingerprint density at radius 1 is 1.02 bits per heavy atom. The topological polar surface area (TPSA) is 100 Å². The molecular formula is C31H35FN8O. The number of nitrogens with one attached hydrogen (secondary N) is 3. The SMILES string of the molecule is CNCCN1C[C@@H](NC(=O)Nc2c(C)c(-c3cnc(C4CC4)nc3)nn2-c2ccccc2)[C@H](c2ccc(F)cc2)C1. The molecule has 2 aromatic carbocycles. The van der Waals surface area contributed by atoms with Crippen LogP contribution in [0.1, 0.15) is 41.6 Å². The molecule has 1 aliphatic heterocycles. The highest BCUT2D eigenvalue weighted by Gasteiger charge is 2.35. The number of rotatable bonds is 9. The molecule has 212 valence electrons. The van der Waals surface area contributed by atoms with Crippen LogP contribution in [-0.2, 0) is 0 Å². The third-order valence-electron chi connectivity index (χ3n) is 7.93. The van der Waals surface area contributed by atoms with Crippen LogP contribution in [0.4, 0.5) is 15.0 Å². The Labute approximate surface area is 239 Å². The molecule has 3 N–H and O–H groups in total. The van der Waals surface area contributed by atoms with Crippen LogP contribution in [0.15, 0.2) is 67.0 Å². The van der Waals surface area contributed by atoms with Crippen molar-refractivity contribution >= 4 is 11.8 Å². The first-order valence-electron chi connectivity index (χ1n) is 14.2. The fourth-order valence-electron chi connectivity index (χ4n) is 5.53. The molecule has 9 nitrogen and oxygen atoms in total. The number of anilines is 1. The third kappa shape index (κ3) is 5.98. The molecule has 1 aliphatic carbocycles. The molecule has 4 aromatic rings. The Bertz CT molecular complexity index is 1490.